The molecular formula is C18H28BrN. The molecule has 112 valence electrons. The molecule has 0 aromatic heterocycles. The van der Waals surface area contributed by atoms with Gasteiger partial charge in [-0.2, -0.15) is 0 Å². The predicted molar refractivity (Wildman–Crippen MR) is 91.0 cm³/mol. The van der Waals surface area contributed by atoms with Crippen LogP contribution >= 0.6 is 15.9 Å². The molecular weight excluding hydrogens is 310 g/mol. The molecule has 1 nitrogen and oxygen atoms in total. The van der Waals surface area contributed by atoms with E-state index in [0.717, 1.165) is 18.4 Å². The summed E-state index contributed by atoms with van der Waals surface area (Å²) in [5.74, 6) is 1.74. The molecule has 0 bridgehead atoms. The summed E-state index contributed by atoms with van der Waals surface area (Å²) in [4.78, 5) is 0. The van der Waals surface area contributed by atoms with Gasteiger partial charge in [0, 0.05) is 10.5 Å². The lowest BCUT2D eigenvalue weighted by molar-refractivity contribution is 0.210. The molecule has 3 unspecified atom stereocenters. The number of benzene rings is 1. The van der Waals surface area contributed by atoms with E-state index in [9.17, 15) is 0 Å². The van der Waals surface area contributed by atoms with Gasteiger partial charge in [-0.05, 0) is 55.3 Å². The zero-order chi connectivity index (χ0) is 14.5. The largest absolute Gasteiger partial charge is 0.310 e. The molecule has 1 aliphatic rings. The molecule has 0 saturated heterocycles. The number of nitrogens with one attached hydrogen (secondary N) is 1. The summed E-state index contributed by atoms with van der Waals surface area (Å²) in [5, 5.41) is 3.74. The van der Waals surface area contributed by atoms with Crippen molar-refractivity contribution in [3.63, 3.8) is 0 Å². The lowest BCUT2D eigenvalue weighted by Gasteiger charge is -2.35. The van der Waals surface area contributed by atoms with E-state index in [4.69, 9.17) is 0 Å². The summed E-state index contributed by atoms with van der Waals surface area (Å²) in [6.45, 7) is 7.80. The molecule has 0 spiro atoms. The van der Waals surface area contributed by atoms with E-state index >= 15 is 0 Å². The zero-order valence-corrected chi connectivity index (χ0v) is 14.7. The monoisotopic (exact) mass is 337 g/mol. The molecule has 1 N–H and O–H groups in total. The molecule has 0 heterocycles. The molecule has 2 heteroatoms. The first-order valence-corrected chi connectivity index (χ1v) is 8.94. The zero-order valence-electron chi connectivity index (χ0n) is 13.1. The van der Waals surface area contributed by atoms with Crippen molar-refractivity contribution in [2.24, 2.45) is 11.8 Å². The fourth-order valence-corrected chi connectivity index (χ4v) is 3.89. The molecule has 0 aliphatic heterocycles. The number of hydrogen-bond donors (Lipinski definition) is 1. The summed E-state index contributed by atoms with van der Waals surface area (Å²) in [6.07, 6.45) is 6.95. The third-order valence-corrected chi connectivity index (χ3v) is 5.73. The lowest BCUT2D eigenvalue weighted by Crippen LogP contribution is -2.31. The molecule has 20 heavy (non-hydrogen) atoms. The fraction of sp³-hybridized carbons (Fsp3) is 0.667. The minimum atomic E-state index is 0.529. The summed E-state index contributed by atoms with van der Waals surface area (Å²) >= 11 is 3.61. The lowest BCUT2D eigenvalue weighted by atomic mass is 9.75. The van der Waals surface area contributed by atoms with Crippen molar-refractivity contribution in [2.75, 3.05) is 6.54 Å². The first-order chi connectivity index (χ1) is 9.65. The van der Waals surface area contributed by atoms with Crippen LogP contribution in [0.3, 0.4) is 0 Å². The molecule has 0 radical (unpaired) electrons. The van der Waals surface area contributed by atoms with Crippen molar-refractivity contribution in [3.05, 3.63) is 33.8 Å². The molecule has 0 amide bonds. The predicted octanol–water partition coefficient (Wildman–Crippen LogP) is 5.62. The van der Waals surface area contributed by atoms with Crippen LogP contribution in [0.1, 0.15) is 63.1 Å². The van der Waals surface area contributed by atoms with Gasteiger partial charge in [0.05, 0.1) is 0 Å². The summed E-state index contributed by atoms with van der Waals surface area (Å²) in [6, 6.07) is 7.38. The van der Waals surface area contributed by atoms with E-state index in [-0.39, 0.29) is 0 Å². The Bertz CT molecular complexity index is 429. The van der Waals surface area contributed by atoms with Crippen molar-refractivity contribution in [3.8, 4) is 0 Å². The van der Waals surface area contributed by atoms with Crippen molar-refractivity contribution < 1.29 is 0 Å². The first kappa shape index (κ1) is 16.0. The second kappa shape index (κ2) is 7.61. The maximum absolute atomic E-state index is 3.74. The Labute approximate surface area is 132 Å². The van der Waals surface area contributed by atoms with Gasteiger partial charge in [0.2, 0.25) is 0 Å². The van der Waals surface area contributed by atoms with Crippen molar-refractivity contribution in [1.82, 2.24) is 5.32 Å². The molecule has 1 saturated carbocycles. The second-order valence-corrected chi connectivity index (χ2v) is 7.10. The van der Waals surface area contributed by atoms with Crippen LogP contribution in [-0.4, -0.2) is 6.54 Å². The maximum atomic E-state index is 3.74. The van der Waals surface area contributed by atoms with Gasteiger partial charge in [0.15, 0.2) is 0 Å². The van der Waals surface area contributed by atoms with Crippen molar-refractivity contribution in [1.29, 1.82) is 0 Å². The van der Waals surface area contributed by atoms with Crippen LogP contribution in [0.15, 0.2) is 22.7 Å². The van der Waals surface area contributed by atoms with E-state index in [1.165, 1.54) is 47.7 Å². The highest BCUT2D eigenvalue weighted by molar-refractivity contribution is 9.10. The van der Waals surface area contributed by atoms with Gasteiger partial charge in [-0.3, -0.25) is 0 Å². The van der Waals surface area contributed by atoms with E-state index in [2.05, 4.69) is 60.2 Å². The second-order valence-electron chi connectivity index (χ2n) is 6.24. The Morgan fingerprint density at radius 3 is 2.75 bits per heavy atom. The quantitative estimate of drug-likeness (QED) is 0.734. The molecule has 2 rings (SSSR count). The number of halogens is 1. The Morgan fingerprint density at radius 1 is 1.30 bits per heavy atom. The van der Waals surface area contributed by atoms with E-state index in [1.807, 2.05) is 0 Å². The van der Waals surface area contributed by atoms with Gasteiger partial charge in [0.1, 0.15) is 0 Å². The molecule has 1 fully saturated rings. The van der Waals surface area contributed by atoms with Crippen LogP contribution in [0.4, 0.5) is 0 Å². The normalized spacial score (nSPS) is 24.6. The highest BCUT2D eigenvalue weighted by Crippen LogP contribution is 2.39. The van der Waals surface area contributed by atoms with Gasteiger partial charge in [0.25, 0.3) is 0 Å². The van der Waals surface area contributed by atoms with E-state index in [0.29, 0.717) is 6.04 Å². The van der Waals surface area contributed by atoms with Crippen LogP contribution in [0.25, 0.3) is 0 Å². The average molecular weight is 338 g/mol. The average Bonchev–Trinajstić information content (AvgIpc) is 2.48. The number of hydrogen-bond acceptors (Lipinski definition) is 1. The minimum absolute atomic E-state index is 0.529. The van der Waals surface area contributed by atoms with Gasteiger partial charge in [-0.15, -0.1) is 0 Å². The van der Waals surface area contributed by atoms with Gasteiger partial charge < -0.3 is 5.32 Å². The van der Waals surface area contributed by atoms with Crippen LogP contribution in [0.5, 0.6) is 0 Å². The van der Waals surface area contributed by atoms with Crippen molar-refractivity contribution >= 4 is 15.9 Å². The van der Waals surface area contributed by atoms with E-state index in [1.54, 1.807) is 0 Å². The van der Waals surface area contributed by atoms with Crippen LogP contribution in [0.2, 0.25) is 0 Å². The fourth-order valence-electron chi connectivity index (χ4n) is 3.64. The van der Waals surface area contributed by atoms with E-state index < -0.39 is 0 Å². The van der Waals surface area contributed by atoms with Crippen LogP contribution in [-0.2, 0) is 0 Å². The van der Waals surface area contributed by atoms with Gasteiger partial charge in [-0.25, -0.2) is 0 Å². The first-order valence-electron chi connectivity index (χ1n) is 8.15. The molecule has 3 atom stereocenters. The van der Waals surface area contributed by atoms with Gasteiger partial charge >= 0.3 is 0 Å². The molecule has 1 aromatic carbocycles. The van der Waals surface area contributed by atoms with Crippen molar-refractivity contribution in [2.45, 2.75) is 58.9 Å². The van der Waals surface area contributed by atoms with Crippen LogP contribution in [0, 0.1) is 18.8 Å². The highest BCUT2D eigenvalue weighted by atomic mass is 79.9. The topological polar surface area (TPSA) is 12.0 Å². The minimum Gasteiger partial charge on any atom is -0.310 e. The third-order valence-electron chi connectivity index (χ3n) is 4.84. The number of rotatable bonds is 5. The third kappa shape index (κ3) is 3.85. The Hall–Kier alpha value is -0.340. The summed E-state index contributed by atoms with van der Waals surface area (Å²) in [7, 11) is 0. The standard InChI is InChI=1S/C18H28BrN/c1-4-14-7-6-8-15(12-14)18(20-5-2)16-9-10-17(19)13(3)11-16/h9-11,14-15,18,20H,4-8,12H2,1-3H3. The maximum Gasteiger partial charge on any atom is 0.0348 e. The Kier molecular flexibility index (Phi) is 6.10. The SMILES string of the molecule is CCNC(c1ccc(Br)c(C)c1)C1CCCC(CC)C1. The summed E-state index contributed by atoms with van der Waals surface area (Å²) in [5.41, 5.74) is 2.81. The smallest absolute Gasteiger partial charge is 0.0348 e. The Balaban J connectivity index is 2.18. The van der Waals surface area contributed by atoms with Gasteiger partial charge in [-0.1, -0.05) is 61.2 Å². The molecule has 1 aliphatic carbocycles. The Morgan fingerprint density at radius 2 is 2.10 bits per heavy atom. The van der Waals surface area contributed by atoms with Crippen LogP contribution < -0.4 is 5.32 Å². The number of aryl methyl sites for hydroxylation is 1. The highest BCUT2D eigenvalue weighted by Gasteiger charge is 2.28. The molecule has 1 aromatic rings. The summed E-state index contributed by atoms with van der Waals surface area (Å²) < 4.78 is 1.21.